The summed E-state index contributed by atoms with van der Waals surface area (Å²) in [5.41, 5.74) is 8.86. The normalized spacial score (nSPS) is 17.9. The first-order chi connectivity index (χ1) is 22.9. The molecule has 0 saturated carbocycles. The predicted octanol–water partition coefficient (Wildman–Crippen LogP) is 8.55. The van der Waals surface area contributed by atoms with E-state index in [0.29, 0.717) is 17.0 Å². The van der Waals surface area contributed by atoms with Crippen LogP contribution in [0.4, 0.5) is 10.1 Å². The van der Waals surface area contributed by atoms with Gasteiger partial charge in [0.05, 0.1) is 29.2 Å². The van der Waals surface area contributed by atoms with Gasteiger partial charge in [0.2, 0.25) is 0 Å². The second kappa shape index (κ2) is 14.5. The fourth-order valence-electron chi connectivity index (χ4n) is 7.14. The molecule has 1 fully saturated rings. The van der Waals surface area contributed by atoms with Gasteiger partial charge in [-0.2, -0.15) is 0 Å². The molecule has 1 N–H and O–H groups in total. The third-order valence-electron chi connectivity index (χ3n) is 9.84. The molecule has 1 aromatic heterocycles. The molecule has 2 atom stereocenters. The van der Waals surface area contributed by atoms with Crippen molar-refractivity contribution in [1.29, 1.82) is 0 Å². The fourth-order valence-corrected chi connectivity index (χ4v) is 7.14. The summed E-state index contributed by atoms with van der Waals surface area (Å²) < 4.78 is 26.1. The number of rotatable bonds is 9. The molecule has 0 amide bonds. The van der Waals surface area contributed by atoms with Crippen molar-refractivity contribution in [3.63, 3.8) is 0 Å². The van der Waals surface area contributed by atoms with E-state index in [2.05, 4.69) is 41.8 Å². The summed E-state index contributed by atoms with van der Waals surface area (Å²) >= 11 is 0. The lowest BCUT2D eigenvalue weighted by Crippen LogP contribution is -2.40. The maximum Gasteiger partial charge on any atom is 0.340 e. The summed E-state index contributed by atoms with van der Waals surface area (Å²) in [7, 11) is 0. The summed E-state index contributed by atoms with van der Waals surface area (Å²) in [6.45, 7) is 23.8. The van der Waals surface area contributed by atoms with Crippen molar-refractivity contribution in [3.05, 3.63) is 81.4 Å². The van der Waals surface area contributed by atoms with E-state index in [9.17, 15) is 14.3 Å². The Morgan fingerprint density at radius 3 is 2.33 bits per heavy atom. The lowest BCUT2D eigenvalue weighted by molar-refractivity contribution is -0.171. The van der Waals surface area contributed by atoms with Gasteiger partial charge >= 0.3 is 5.97 Å². The molecule has 0 bridgehead atoms. The molecule has 3 heterocycles. The van der Waals surface area contributed by atoms with Crippen molar-refractivity contribution in [2.24, 2.45) is 5.41 Å². The van der Waals surface area contributed by atoms with Gasteiger partial charge in [-0.15, -0.1) is 0 Å². The Morgan fingerprint density at radius 2 is 1.71 bits per heavy atom. The van der Waals surface area contributed by atoms with Crippen LogP contribution in [0, 0.1) is 25.1 Å². The van der Waals surface area contributed by atoms with Crippen LogP contribution in [-0.4, -0.2) is 52.3 Å². The summed E-state index contributed by atoms with van der Waals surface area (Å²) in [5, 5.41) is 11.3. The van der Waals surface area contributed by atoms with E-state index in [1.807, 2.05) is 54.5 Å². The summed E-state index contributed by atoms with van der Waals surface area (Å²) in [6.07, 6.45) is 0.705. The number of halogens is 1. The summed E-state index contributed by atoms with van der Waals surface area (Å²) in [4.78, 5) is 23.7. The van der Waals surface area contributed by atoms with Gasteiger partial charge in [-0.1, -0.05) is 38.1 Å². The SMILES string of the molecule is Cc1cc(F)ccc1CN1CCc2cc(-c3c(C(C)O)nc(C)c(C(OC(C)(C)C)C(=O)OC(C)C)c3N3CCC(C)(C)CC3)ccc2C1. The molecule has 1 saturated heterocycles. The molecule has 0 radical (unpaired) electrons. The van der Waals surface area contributed by atoms with Gasteiger partial charge in [-0.25, -0.2) is 9.18 Å². The van der Waals surface area contributed by atoms with E-state index in [4.69, 9.17) is 14.5 Å². The Bertz CT molecular complexity index is 1670. The highest BCUT2D eigenvalue weighted by molar-refractivity contribution is 5.89. The number of benzene rings is 2. The Labute approximate surface area is 292 Å². The standard InChI is InChI=1S/C41H56FN3O4/c1-25(2)48-39(47)38(49-40(6,7)8)34-27(4)43-36(28(5)46)35(37(34)45-19-16-41(9,10)17-20-45)30-11-12-32-24-44(18-15-29(32)22-30)23-31-13-14-33(42)21-26(31)3/h11-14,21-22,25,28,38,46H,15-20,23-24H2,1-10H3. The maximum absolute atomic E-state index is 13.9. The van der Waals surface area contributed by atoms with Crippen LogP contribution in [0.3, 0.4) is 0 Å². The van der Waals surface area contributed by atoms with Crippen LogP contribution in [0.25, 0.3) is 11.1 Å². The quantitative estimate of drug-likeness (QED) is 0.228. The lowest BCUT2D eigenvalue weighted by Gasteiger charge is -2.41. The minimum Gasteiger partial charge on any atom is -0.461 e. The van der Waals surface area contributed by atoms with Gasteiger partial charge in [0.1, 0.15) is 5.82 Å². The molecule has 7 nitrogen and oxygen atoms in total. The number of anilines is 1. The van der Waals surface area contributed by atoms with Crippen LogP contribution in [0.15, 0.2) is 36.4 Å². The zero-order valence-corrected chi connectivity index (χ0v) is 31.2. The lowest BCUT2D eigenvalue weighted by atomic mass is 9.81. The third-order valence-corrected chi connectivity index (χ3v) is 9.84. The number of esters is 1. The number of pyridine rings is 1. The fraction of sp³-hybridized carbons (Fsp3) is 0.561. The van der Waals surface area contributed by atoms with Crippen molar-refractivity contribution in [3.8, 4) is 11.1 Å². The van der Waals surface area contributed by atoms with Crippen LogP contribution in [0.1, 0.15) is 120 Å². The minimum atomic E-state index is -0.997. The highest BCUT2D eigenvalue weighted by atomic mass is 19.1. The number of aryl methyl sites for hydroxylation is 2. The highest BCUT2D eigenvalue weighted by Crippen LogP contribution is 2.47. The molecular weight excluding hydrogens is 617 g/mol. The molecule has 8 heteroatoms. The number of piperidine rings is 1. The van der Waals surface area contributed by atoms with E-state index >= 15 is 0 Å². The Hall–Kier alpha value is -3.33. The van der Waals surface area contributed by atoms with E-state index in [1.165, 1.54) is 17.2 Å². The van der Waals surface area contributed by atoms with Crippen LogP contribution in [-0.2, 0) is 33.8 Å². The van der Waals surface area contributed by atoms with Gasteiger partial charge < -0.3 is 19.5 Å². The van der Waals surface area contributed by atoms with Crippen molar-refractivity contribution in [2.45, 2.75) is 126 Å². The van der Waals surface area contributed by atoms with Crippen molar-refractivity contribution in [1.82, 2.24) is 9.88 Å². The largest absolute Gasteiger partial charge is 0.461 e. The third kappa shape index (κ3) is 8.70. The van der Waals surface area contributed by atoms with Crippen molar-refractivity contribution in [2.75, 3.05) is 24.5 Å². The molecule has 5 rings (SSSR count). The van der Waals surface area contributed by atoms with E-state index < -0.39 is 23.8 Å². The summed E-state index contributed by atoms with van der Waals surface area (Å²) in [5.74, 6) is -0.644. The smallest absolute Gasteiger partial charge is 0.340 e. The molecule has 2 unspecified atom stereocenters. The summed E-state index contributed by atoms with van der Waals surface area (Å²) in [6, 6.07) is 11.6. The molecule has 2 aromatic carbocycles. The number of hydrogen-bond acceptors (Lipinski definition) is 7. The average Bonchev–Trinajstić information content (AvgIpc) is 3.00. The Kier molecular flexibility index (Phi) is 10.9. The highest BCUT2D eigenvalue weighted by Gasteiger charge is 2.38. The zero-order chi connectivity index (χ0) is 35.8. The average molecular weight is 674 g/mol. The first-order valence-corrected chi connectivity index (χ1v) is 17.9. The van der Waals surface area contributed by atoms with Crippen molar-refractivity contribution >= 4 is 11.7 Å². The number of hydrogen-bond donors (Lipinski definition) is 1. The number of carbonyl (C=O) groups excluding carboxylic acids is 1. The second-order valence-corrected chi connectivity index (χ2v) is 16.2. The zero-order valence-electron chi connectivity index (χ0n) is 31.2. The maximum atomic E-state index is 13.9. The molecule has 2 aliphatic heterocycles. The number of carbonyl (C=O) groups is 1. The van der Waals surface area contributed by atoms with Gasteiger partial charge in [0.25, 0.3) is 0 Å². The monoisotopic (exact) mass is 673 g/mol. The van der Waals surface area contributed by atoms with Crippen LogP contribution < -0.4 is 4.90 Å². The molecular formula is C41H56FN3O4. The van der Waals surface area contributed by atoms with Crippen LogP contribution in [0.5, 0.6) is 0 Å². The van der Waals surface area contributed by atoms with Gasteiger partial charge in [0, 0.05) is 49.5 Å². The predicted molar refractivity (Wildman–Crippen MR) is 194 cm³/mol. The van der Waals surface area contributed by atoms with E-state index in [1.54, 1.807) is 13.0 Å². The molecule has 0 aliphatic carbocycles. The number of aromatic nitrogens is 1. The molecule has 3 aromatic rings. The second-order valence-electron chi connectivity index (χ2n) is 16.2. The van der Waals surface area contributed by atoms with Gasteiger partial charge in [-0.05, 0) is 120 Å². The topological polar surface area (TPSA) is 75.1 Å². The Balaban J connectivity index is 1.64. The molecule has 266 valence electrons. The number of aliphatic hydroxyl groups is 1. The molecule has 49 heavy (non-hydrogen) atoms. The van der Waals surface area contributed by atoms with Crippen LogP contribution >= 0.6 is 0 Å². The van der Waals surface area contributed by atoms with Gasteiger partial charge in [-0.3, -0.25) is 9.88 Å². The molecule has 0 spiro atoms. The number of ether oxygens (including phenoxy) is 2. The minimum absolute atomic E-state index is 0.202. The van der Waals surface area contributed by atoms with E-state index in [0.717, 1.165) is 79.9 Å². The molecule has 2 aliphatic rings. The van der Waals surface area contributed by atoms with Crippen LogP contribution in [0.2, 0.25) is 0 Å². The number of aliphatic hydroxyl groups excluding tert-OH is 1. The Morgan fingerprint density at radius 1 is 1.02 bits per heavy atom. The van der Waals surface area contributed by atoms with E-state index in [-0.39, 0.29) is 17.3 Å². The van der Waals surface area contributed by atoms with Gasteiger partial charge in [0.15, 0.2) is 6.10 Å². The number of fused-ring (bicyclic) bond motifs is 1. The van der Waals surface area contributed by atoms with Crippen molar-refractivity contribution < 1.29 is 23.8 Å². The first kappa shape index (κ1) is 36.9. The number of nitrogens with zero attached hydrogens (tertiary/aromatic N) is 3. The first-order valence-electron chi connectivity index (χ1n) is 17.9.